The zero-order chi connectivity index (χ0) is 13.2. The number of carbonyl (C=O) groups excluding carboxylic acids is 1. The lowest BCUT2D eigenvalue weighted by atomic mass is 9.88. The molecule has 0 bridgehead atoms. The largest absolute Gasteiger partial charge is 0.312 e. The molecule has 0 saturated heterocycles. The molecular weight excluding hydrogens is 238 g/mol. The Balaban J connectivity index is 1.93. The minimum absolute atomic E-state index is 0.0685. The van der Waals surface area contributed by atoms with Crippen LogP contribution in [0.25, 0.3) is 0 Å². The minimum atomic E-state index is 0.0685. The summed E-state index contributed by atoms with van der Waals surface area (Å²) in [4.78, 5) is 24.0. The maximum atomic E-state index is 12.1. The highest BCUT2D eigenvalue weighted by Gasteiger charge is 2.22. The van der Waals surface area contributed by atoms with E-state index in [-0.39, 0.29) is 11.3 Å². The Kier molecular flexibility index (Phi) is 3.54. The van der Waals surface area contributed by atoms with Crippen molar-refractivity contribution < 1.29 is 4.79 Å². The fraction of sp³-hybridized carbons (Fsp3) is 0.625. The average Bonchev–Trinajstić information content (AvgIpc) is 2.43. The fourth-order valence-corrected chi connectivity index (χ4v) is 3.52. The molecule has 0 spiro atoms. The highest BCUT2D eigenvalue weighted by Crippen LogP contribution is 2.26. The van der Waals surface area contributed by atoms with Crippen LogP contribution >= 0.6 is 0 Å². The van der Waals surface area contributed by atoms with Gasteiger partial charge in [0.15, 0.2) is 5.78 Å². The van der Waals surface area contributed by atoms with Crippen LogP contribution in [0, 0.1) is 5.92 Å². The van der Waals surface area contributed by atoms with Crippen LogP contribution in [0.3, 0.4) is 0 Å². The highest BCUT2D eigenvalue weighted by atomic mass is 16.1. The van der Waals surface area contributed by atoms with E-state index in [4.69, 9.17) is 0 Å². The van der Waals surface area contributed by atoms with Crippen LogP contribution in [0.2, 0.25) is 0 Å². The summed E-state index contributed by atoms with van der Waals surface area (Å²) in [7, 11) is 0. The third kappa shape index (κ3) is 2.51. The molecule has 3 heteroatoms. The molecule has 0 atom stereocenters. The molecule has 3 rings (SSSR count). The first-order valence-electron chi connectivity index (χ1n) is 7.51. The monoisotopic (exact) mass is 259 g/mol. The van der Waals surface area contributed by atoms with Crippen LogP contribution in [0.1, 0.15) is 61.0 Å². The van der Waals surface area contributed by atoms with Crippen LogP contribution in [0.5, 0.6) is 0 Å². The number of nitrogens with zero attached hydrogens (tertiary/aromatic N) is 1. The lowest BCUT2D eigenvalue weighted by Gasteiger charge is -2.26. The van der Waals surface area contributed by atoms with Crippen LogP contribution in [0.15, 0.2) is 16.9 Å². The van der Waals surface area contributed by atoms with Crippen LogP contribution < -0.4 is 5.56 Å². The summed E-state index contributed by atoms with van der Waals surface area (Å²) in [5, 5.41) is 0. The first-order valence-corrected chi connectivity index (χ1v) is 7.51. The van der Waals surface area contributed by atoms with Gasteiger partial charge < -0.3 is 4.57 Å². The molecule has 0 unspecified atom stereocenters. The minimum Gasteiger partial charge on any atom is -0.312 e. The molecule has 1 heterocycles. The Bertz CT molecular complexity index is 538. The Hall–Kier alpha value is -1.38. The number of fused-ring (bicyclic) bond motifs is 1. The molecule has 0 radical (unpaired) electrons. The Labute approximate surface area is 113 Å². The van der Waals surface area contributed by atoms with Crippen molar-refractivity contribution in [3.8, 4) is 0 Å². The summed E-state index contributed by atoms with van der Waals surface area (Å²) in [6, 6.07) is 3.31. The molecule has 0 N–H and O–H groups in total. The number of rotatable bonds is 2. The molecule has 1 aromatic heterocycles. The van der Waals surface area contributed by atoms with Crippen LogP contribution in [-0.2, 0) is 13.0 Å². The van der Waals surface area contributed by atoms with E-state index in [9.17, 15) is 9.59 Å². The summed E-state index contributed by atoms with van der Waals surface area (Å²) >= 11 is 0. The summed E-state index contributed by atoms with van der Waals surface area (Å²) in [6.45, 7) is 0.815. The van der Waals surface area contributed by atoms with Crippen molar-refractivity contribution in [1.82, 2.24) is 4.57 Å². The van der Waals surface area contributed by atoms with Gasteiger partial charge in [-0.3, -0.25) is 9.59 Å². The van der Waals surface area contributed by atoms with Crippen molar-refractivity contribution in [3.05, 3.63) is 33.7 Å². The van der Waals surface area contributed by atoms with Gasteiger partial charge in [0.1, 0.15) is 0 Å². The van der Waals surface area contributed by atoms with Gasteiger partial charge in [-0.25, -0.2) is 0 Å². The normalized spacial score (nSPS) is 20.3. The zero-order valence-corrected chi connectivity index (χ0v) is 11.4. The van der Waals surface area contributed by atoms with Crippen molar-refractivity contribution in [2.75, 3.05) is 0 Å². The first-order chi connectivity index (χ1) is 9.25. The van der Waals surface area contributed by atoms with Crippen molar-refractivity contribution in [2.24, 2.45) is 5.92 Å². The van der Waals surface area contributed by atoms with E-state index in [2.05, 4.69) is 0 Å². The SMILES string of the molecule is O=C1CCCc2c1ccc(=O)n2CC1CCCCC1. The molecule has 1 saturated carbocycles. The average molecular weight is 259 g/mol. The molecule has 1 aromatic rings. The second-order valence-electron chi connectivity index (χ2n) is 5.92. The second-order valence-corrected chi connectivity index (χ2v) is 5.92. The zero-order valence-electron chi connectivity index (χ0n) is 11.4. The lowest BCUT2D eigenvalue weighted by Crippen LogP contribution is -2.30. The van der Waals surface area contributed by atoms with Crippen LogP contribution in [-0.4, -0.2) is 10.4 Å². The fourth-order valence-electron chi connectivity index (χ4n) is 3.52. The van der Waals surface area contributed by atoms with Crippen molar-refractivity contribution in [3.63, 3.8) is 0 Å². The molecule has 0 amide bonds. The summed E-state index contributed by atoms with van der Waals surface area (Å²) in [5.41, 5.74) is 1.86. The predicted molar refractivity (Wildman–Crippen MR) is 74.5 cm³/mol. The van der Waals surface area contributed by atoms with Gasteiger partial charge >= 0.3 is 0 Å². The molecule has 2 aliphatic rings. The number of aromatic nitrogens is 1. The van der Waals surface area contributed by atoms with Crippen molar-refractivity contribution in [2.45, 2.75) is 57.9 Å². The maximum absolute atomic E-state index is 12.1. The van der Waals surface area contributed by atoms with Crippen molar-refractivity contribution >= 4 is 5.78 Å². The molecule has 1 fully saturated rings. The predicted octanol–water partition coefficient (Wildman–Crippen LogP) is 2.95. The quantitative estimate of drug-likeness (QED) is 0.819. The lowest BCUT2D eigenvalue weighted by molar-refractivity contribution is 0.0969. The third-order valence-corrected chi connectivity index (χ3v) is 4.58. The molecule has 102 valence electrons. The molecule has 2 aliphatic carbocycles. The van der Waals surface area contributed by atoms with Gasteiger partial charge in [-0.05, 0) is 37.7 Å². The summed E-state index contributed by atoms with van der Waals surface area (Å²) in [6.07, 6.45) is 8.75. The number of hydrogen-bond acceptors (Lipinski definition) is 2. The Morgan fingerprint density at radius 3 is 2.58 bits per heavy atom. The standard InChI is InChI=1S/C16H21NO2/c18-15-8-4-7-14-13(15)9-10-16(19)17(14)11-12-5-2-1-3-6-12/h9-10,12H,1-8,11H2. The maximum Gasteiger partial charge on any atom is 0.250 e. The van der Waals surface area contributed by atoms with Gasteiger partial charge in [-0.1, -0.05) is 19.3 Å². The molecular formula is C16H21NO2. The topological polar surface area (TPSA) is 39.1 Å². The van der Waals surface area contributed by atoms with Crippen molar-refractivity contribution in [1.29, 1.82) is 0 Å². The van der Waals surface area contributed by atoms with E-state index in [1.807, 2.05) is 4.57 Å². The molecule has 3 nitrogen and oxygen atoms in total. The number of ketones is 1. The summed E-state index contributed by atoms with van der Waals surface area (Å²) < 4.78 is 1.89. The van der Waals surface area contributed by atoms with Gasteiger partial charge in [-0.15, -0.1) is 0 Å². The van der Waals surface area contributed by atoms with Gasteiger partial charge in [0.25, 0.3) is 5.56 Å². The molecule has 19 heavy (non-hydrogen) atoms. The number of Topliss-reactive ketones (excluding diaryl/α,β-unsaturated/α-hetero) is 1. The number of pyridine rings is 1. The van der Waals surface area contributed by atoms with E-state index >= 15 is 0 Å². The molecule has 0 aromatic carbocycles. The Morgan fingerprint density at radius 1 is 1.00 bits per heavy atom. The van der Waals surface area contributed by atoms with Gasteiger partial charge in [0.2, 0.25) is 0 Å². The smallest absolute Gasteiger partial charge is 0.250 e. The number of carbonyl (C=O) groups is 1. The van der Waals surface area contributed by atoms with Gasteiger partial charge in [-0.2, -0.15) is 0 Å². The summed E-state index contributed by atoms with van der Waals surface area (Å²) in [5.74, 6) is 0.827. The van der Waals surface area contributed by atoms with E-state index in [1.165, 1.54) is 32.1 Å². The van der Waals surface area contributed by atoms with E-state index < -0.39 is 0 Å². The Morgan fingerprint density at radius 2 is 1.79 bits per heavy atom. The molecule has 0 aliphatic heterocycles. The van der Waals surface area contributed by atoms with E-state index in [1.54, 1.807) is 12.1 Å². The number of hydrogen-bond donors (Lipinski definition) is 0. The van der Waals surface area contributed by atoms with Gasteiger partial charge in [0.05, 0.1) is 0 Å². The van der Waals surface area contributed by atoms with Gasteiger partial charge in [0, 0.05) is 30.3 Å². The second kappa shape index (κ2) is 5.32. The third-order valence-electron chi connectivity index (χ3n) is 4.58. The van der Waals surface area contributed by atoms with Crippen LogP contribution in [0.4, 0.5) is 0 Å². The van der Waals surface area contributed by atoms with E-state index in [0.29, 0.717) is 12.3 Å². The van der Waals surface area contributed by atoms with E-state index in [0.717, 1.165) is 30.6 Å². The highest BCUT2D eigenvalue weighted by molar-refractivity contribution is 5.97. The first kappa shape index (κ1) is 12.6.